The number of hydrogen-bond donors (Lipinski definition) is 0. The molecule has 0 radical (unpaired) electrons. The van der Waals surface area contributed by atoms with Gasteiger partial charge in [-0.1, -0.05) is 47.5 Å². The molecule has 0 aliphatic rings. The van der Waals surface area contributed by atoms with E-state index in [1.807, 2.05) is 0 Å². The monoisotopic (exact) mass is 156 g/mol. The molecular formula is C11H24. The van der Waals surface area contributed by atoms with Crippen molar-refractivity contribution in [1.82, 2.24) is 0 Å². The van der Waals surface area contributed by atoms with Gasteiger partial charge < -0.3 is 0 Å². The van der Waals surface area contributed by atoms with E-state index in [0.717, 1.165) is 17.8 Å². The van der Waals surface area contributed by atoms with E-state index >= 15 is 0 Å². The van der Waals surface area contributed by atoms with Crippen LogP contribution in [0, 0.1) is 17.8 Å². The first-order chi connectivity index (χ1) is 5.11. The van der Waals surface area contributed by atoms with Crippen molar-refractivity contribution in [2.24, 2.45) is 17.8 Å². The summed E-state index contributed by atoms with van der Waals surface area (Å²) in [5, 5.41) is 0. The largest absolute Gasteiger partial charge is 0.0651 e. The van der Waals surface area contributed by atoms with Gasteiger partial charge in [0, 0.05) is 0 Å². The molecule has 0 aromatic carbocycles. The Hall–Kier alpha value is 0. The minimum atomic E-state index is 0.869. The molecule has 0 rings (SSSR count). The first-order valence-electron chi connectivity index (χ1n) is 5.11. The van der Waals surface area contributed by atoms with E-state index in [0.29, 0.717) is 0 Å². The molecule has 0 heteroatoms. The summed E-state index contributed by atoms with van der Waals surface area (Å²) >= 11 is 0. The van der Waals surface area contributed by atoms with Gasteiger partial charge in [0.25, 0.3) is 0 Å². The van der Waals surface area contributed by atoms with Crippen molar-refractivity contribution >= 4 is 0 Å². The highest BCUT2D eigenvalue weighted by molar-refractivity contribution is 4.64. The maximum absolute atomic E-state index is 2.37. The van der Waals surface area contributed by atoms with Gasteiger partial charge in [0.1, 0.15) is 0 Å². The molecule has 0 fully saturated rings. The Morgan fingerprint density at radius 1 is 0.909 bits per heavy atom. The summed E-state index contributed by atoms with van der Waals surface area (Å²) in [4.78, 5) is 0. The molecule has 0 aliphatic heterocycles. The van der Waals surface area contributed by atoms with Crippen LogP contribution in [-0.2, 0) is 0 Å². The zero-order valence-electron chi connectivity index (χ0n) is 8.85. The average Bonchev–Trinajstić information content (AvgIpc) is 1.99. The van der Waals surface area contributed by atoms with Gasteiger partial charge in [-0.25, -0.2) is 0 Å². The van der Waals surface area contributed by atoms with Gasteiger partial charge >= 0.3 is 0 Å². The van der Waals surface area contributed by atoms with E-state index in [4.69, 9.17) is 0 Å². The Kier molecular flexibility index (Phi) is 5.62. The number of hydrogen-bond acceptors (Lipinski definition) is 0. The van der Waals surface area contributed by atoms with Crippen LogP contribution in [0.3, 0.4) is 0 Å². The fourth-order valence-corrected chi connectivity index (χ4v) is 1.59. The molecule has 0 N–H and O–H groups in total. The summed E-state index contributed by atoms with van der Waals surface area (Å²) in [5.41, 5.74) is 0. The highest BCUT2D eigenvalue weighted by Gasteiger charge is 2.13. The Morgan fingerprint density at radius 2 is 1.45 bits per heavy atom. The molecule has 2 atom stereocenters. The van der Waals surface area contributed by atoms with Crippen LogP contribution in [0.25, 0.3) is 0 Å². The van der Waals surface area contributed by atoms with E-state index < -0.39 is 0 Å². The molecule has 0 aromatic heterocycles. The third-order valence-corrected chi connectivity index (χ3v) is 2.87. The molecule has 0 aliphatic carbocycles. The van der Waals surface area contributed by atoms with E-state index in [9.17, 15) is 0 Å². The van der Waals surface area contributed by atoms with Crippen molar-refractivity contribution < 1.29 is 0 Å². The van der Waals surface area contributed by atoms with Crippen molar-refractivity contribution in [3.8, 4) is 0 Å². The van der Waals surface area contributed by atoms with E-state index in [-0.39, 0.29) is 0 Å². The van der Waals surface area contributed by atoms with Crippen LogP contribution >= 0.6 is 0 Å². The summed E-state index contributed by atoms with van der Waals surface area (Å²) in [6, 6.07) is 0. The first kappa shape index (κ1) is 11.0. The smallest absolute Gasteiger partial charge is 0.0391 e. The minimum Gasteiger partial charge on any atom is -0.0651 e. The van der Waals surface area contributed by atoms with Gasteiger partial charge in [0.05, 0.1) is 0 Å². The average molecular weight is 156 g/mol. The fourth-order valence-electron chi connectivity index (χ4n) is 1.59. The summed E-state index contributed by atoms with van der Waals surface area (Å²) < 4.78 is 0. The van der Waals surface area contributed by atoms with Gasteiger partial charge in [-0.15, -0.1) is 0 Å². The SMILES string of the molecule is CC[C@@H](C)C[C@@H](CC)C(C)C. The van der Waals surface area contributed by atoms with Crippen LogP contribution in [0.5, 0.6) is 0 Å². The third-order valence-electron chi connectivity index (χ3n) is 2.87. The zero-order chi connectivity index (χ0) is 8.85. The second-order valence-electron chi connectivity index (χ2n) is 4.16. The van der Waals surface area contributed by atoms with Crippen LogP contribution in [0.1, 0.15) is 53.9 Å². The quantitative estimate of drug-likeness (QED) is 0.562. The molecule has 0 bridgehead atoms. The predicted molar refractivity (Wildman–Crippen MR) is 52.7 cm³/mol. The molecule has 11 heavy (non-hydrogen) atoms. The van der Waals surface area contributed by atoms with Gasteiger partial charge in [0.2, 0.25) is 0 Å². The zero-order valence-corrected chi connectivity index (χ0v) is 8.85. The van der Waals surface area contributed by atoms with Crippen molar-refractivity contribution in [2.45, 2.75) is 53.9 Å². The predicted octanol–water partition coefficient (Wildman–Crippen LogP) is 4.10. The minimum absolute atomic E-state index is 0.869. The Balaban J connectivity index is 3.68. The van der Waals surface area contributed by atoms with Gasteiger partial charge in [-0.3, -0.25) is 0 Å². The molecule has 0 unspecified atom stereocenters. The van der Waals surface area contributed by atoms with Gasteiger partial charge in [-0.2, -0.15) is 0 Å². The summed E-state index contributed by atoms with van der Waals surface area (Å²) in [7, 11) is 0. The maximum Gasteiger partial charge on any atom is -0.0391 e. The lowest BCUT2D eigenvalue weighted by molar-refractivity contribution is 0.295. The standard InChI is InChI=1S/C11H24/c1-6-10(5)8-11(7-2)9(3)4/h9-11H,6-8H2,1-5H3/t10-,11-/m1/s1. The normalized spacial score (nSPS) is 16.9. The first-order valence-corrected chi connectivity index (χ1v) is 5.11. The van der Waals surface area contributed by atoms with E-state index in [1.54, 1.807) is 0 Å². The molecule has 0 nitrogen and oxygen atoms in total. The van der Waals surface area contributed by atoms with Crippen LogP contribution in [0.15, 0.2) is 0 Å². The van der Waals surface area contributed by atoms with Gasteiger partial charge in [-0.05, 0) is 24.2 Å². The van der Waals surface area contributed by atoms with Crippen LogP contribution in [0.4, 0.5) is 0 Å². The number of rotatable bonds is 5. The molecule has 0 saturated heterocycles. The van der Waals surface area contributed by atoms with E-state index in [2.05, 4.69) is 34.6 Å². The molecule has 0 saturated carbocycles. The molecule has 0 spiro atoms. The lowest BCUT2D eigenvalue weighted by atomic mass is 9.84. The summed E-state index contributed by atoms with van der Waals surface area (Å²) in [6.45, 7) is 11.7. The molecule has 68 valence electrons. The second-order valence-corrected chi connectivity index (χ2v) is 4.16. The lowest BCUT2D eigenvalue weighted by Gasteiger charge is -2.22. The Morgan fingerprint density at radius 3 is 1.73 bits per heavy atom. The molecular weight excluding hydrogens is 132 g/mol. The summed E-state index contributed by atoms with van der Waals surface area (Å²) in [5.74, 6) is 2.74. The van der Waals surface area contributed by atoms with Crippen molar-refractivity contribution in [1.29, 1.82) is 0 Å². The van der Waals surface area contributed by atoms with Crippen molar-refractivity contribution in [3.05, 3.63) is 0 Å². The van der Waals surface area contributed by atoms with Crippen molar-refractivity contribution in [3.63, 3.8) is 0 Å². The highest BCUT2D eigenvalue weighted by Crippen LogP contribution is 2.24. The highest BCUT2D eigenvalue weighted by atomic mass is 14.2. The van der Waals surface area contributed by atoms with Gasteiger partial charge in [0.15, 0.2) is 0 Å². The summed E-state index contributed by atoms with van der Waals surface area (Å²) in [6.07, 6.45) is 4.11. The molecule has 0 aromatic rings. The Labute approximate surface area is 72.4 Å². The second kappa shape index (κ2) is 5.62. The van der Waals surface area contributed by atoms with Crippen LogP contribution in [-0.4, -0.2) is 0 Å². The Bertz CT molecular complexity index is 84.0. The van der Waals surface area contributed by atoms with Crippen LogP contribution < -0.4 is 0 Å². The molecule has 0 amide bonds. The maximum atomic E-state index is 2.37. The lowest BCUT2D eigenvalue weighted by Crippen LogP contribution is -2.11. The van der Waals surface area contributed by atoms with Crippen LogP contribution in [0.2, 0.25) is 0 Å². The topological polar surface area (TPSA) is 0 Å². The molecule has 0 heterocycles. The fraction of sp³-hybridized carbons (Fsp3) is 1.00. The third kappa shape index (κ3) is 4.44. The van der Waals surface area contributed by atoms with E-state index in [1.165, 1.54) is 19.3 Å². The van der Waals surface area contributed by atoms with Crippen molar-refractivity contribution in [2.75, 3.05) is 0 Å².